The van der Waals surface area contributed by atoms with Crippen LogP contribution < -0.4 is 5.32 Å². The number of aromatic nitrogens is 1. The number of carbonyl (C=O) groups is 2. The van der Waals surface area contributed by atoms with Crippen molar-refractivity contribution in [1.82, 2.24) is 15.2 Å². The Kier molecular flexibility index (Phi) is 5.71. The SMILES string of the molecule is C=CCNC(=O)c1cccc(C(=O)N(CC)C2CCS(=O)(=O)C2)n1. The fourth-order valence-electron chi connectivity index (χ4n) is 2.67. The summed E-state index contributed by atoms with van der Waals surface area (Å²) in [5.74, 6) is -0.681. The van der Waals surface area contributed by atoms with Crippen LogP contribution in [0.3, 0.4) is 0 Å². The summed E-state index contributed by atoms with van der Waals surface area (Å²) < 4.78 is 23.3. The van der Waals surface area contributed by atoms with E-state index in [0.29, 0.717) is 19.5 Å². The molecule has 1 aliphatic heterocycles. The van der Waals surface area contributed by atoms with Gasteiger partial charge in [-0.15, -0.1) is 6.58 Å². The summed E-state index contributed by atoms with van der Waals surface area (Å²) in [5.41, 5.74) is 0.269. The van der Waals surface area contributed by atoms with Crippen molar-refractivity contribution >= 4 is 21.7 Å². The number of nitrogens with one attached hydrogen (secondary N) is 1. The number of pyridine rings is 1. The van der Waals surface area contributed by atoms with E-state index in [2.05, 4.69) is 16.9 Å². The van der Waals surface area contributed by atoms with E-state index >= 15 is 0 Å². The van der Waals surface area contributed by atoms with Gasteiger partial charge in [0.2, 0.25) is 0 Å². The molecule has 1 aliphatic rings. The molecule has 0 aromatic carbocycles. The molecule has 0 aliphatic carbocycles. The Morgan fingerprint density at radius 3 is 2.71 bits per heavy atom. The fourth-order valence-corrected chi connectivity index (χ4v) is 4.40. The van der Waals surface area contributed by atoms with Crippen LogP contribution in [0.25, 0.3) is 0 Å². The fraction of sp³-hybridized carbons (Fsp3) is 0.438. The zero-order chi connectivity index (χ0) is 17.7. The van der Waals surface area contributed by atoms with Crippen molar-refractivity contribution < 1.29 is 18.0 Å². The Balaban J connectivity index is 2.19. The van der Waals surface area contributed by atoms with E-state index in [0.717, 1.165) is 0 Å². The van der Waals surface area contributed by atoms with Crippen LogP contribution in [0, 0.1) is 0 Å². The van der Waals surface area contributed by atoms with Crippen LogP contribution >= 0.6 is 0 Å². The molecule has 1 fully saturated rings. The standard InChI is InChI=1S/C16H21N3O4S/c1-3-9-17-15(20)13-6-5-7-14(18-13)16(21)19(4-2)12-8-10-24(22,23)11-12/h3,5-7,12H,1,4,8-11H2,2H3,(H,17,20). The molecule has 2 rings (SSSR count). The van der Waals surface area contributed by atoms with Gasteiger partial charge in [-0.05, 0) is 25.5 Å². The molecule has 24 heavy (non-hydrogen) atoms. The first-order chi connectivity index (χ1) is 11.4. The molecule has 1 aromatic rings. The average molecular weight is 351 g/mol. The molecule has 0 radical (unpaired) electrons. The Morgan fingerprint density at radius 1 is 1.42 bits per heavy atom. The van der Waals surface area contributed by atoms with Crippen LogP contribution in [0.15, 0.2) is 30.9 Å². The summed E-state index contributed by atoms with van der Waals surface area (Å²) in [4.78, 5) is 30.2. The maximum atomic E-state index is 12.7. The lowest BCUT2D eigenvalue weighted by Crippen LogP contribution is -2.41. The van der Waals surface area contributed by atoms with E-state index in [1.807, 2.05) is 0 Å². The quantitative estimate of drug-likeness (QED) is 0.759. The highest BCUT2D eigenvalue weighted by atomic mass is 32.2. The first kappa shape index (κ1) is 18.1. The Hall–Kier alpha value is -2.22. The third-order valence-electron chi connectivity index (χ3n) is 3.86. The molecule has 7 nitrogen and oxygen atoms in total. The van der Waals surface area contributed by atoms with Crippen LogP contribution in [-0.2, 0) is 9.84 Å². The molecular weight excluding hydrogens is 330 g/mol. The van der Waals surface area contributed by atoms with Gasteiger partial charge in [0, 0.05) is 19.1 Å². The van der Waals surface area contributed by atoms with Gasteiger partial charge in [0.05, 0.1) is 11.5 Å². The monoisotopic (exact) mass is 351 g/mol. The third kappa shape index (κ3) is 4.19. The molecule has 1 N–H and O–H groups in total. The zero-order valence-electron chi connectivity index (χ0n) is 13.6. The smallest absolute Gasteiger partial charge is 0.272 e. The second-order valence-electron chi connectivity index (χ2n) is 5.55. The maximum absolute atomic E-state index is 12.7. The number of nitrogens with zero attached hydrogens (tertiary/aromatic N) is 2. The van der Waals surface area contributed by atoms with Crippen molar-refractivity contribution in [3.8, 4) is 0 Å². The predicted molar refractivity (Wildman–Crippen MR) is 90.5 cm³/mol. The summed E-state index contributed by atoms with van der Waals surface area (Å²) >= 11 is 0. The van der Waals surface area contributed by atoms with Crippen molar-refractivity contribution in [3.05, 3.63) is 42.2 Å². The number of amides is 2. The molecular formula is C16H21N3O4S. The summed E-state index contributed by atoms with van der Waals surface area (Å²) in [5, 5.41) is 2.60. The van der Waals surface area contributed by atoms with Crippen molar-refractivity contribution in [3.63, 3.8) is 0 Å². The van der Waals surface area contributed by atoms with Gasteiger partial charge >= 0.3 is 0 Å². The summed E-state index contributed by atoms with van der Waals surface area (Å²) in [6, 6.07) is 4.29. The van der Waals surface area contributed by atoms with Gasteiger partial charge in [-0.3, -0.25) is 9.59 Å². The summed E-state index contributed by atoms with van der Waals surface area (Å²) in [7, 11) is -3.09. The van der Waals surface area contributed by atoms with E-state index in [1.54, 1.807) is 19.1 Å². The highest BCUT2D eigenvalue weighted by molar-refractivity contribution is 7.91. The van der Waals surface area contributed by atoms with Crippen molar-refractivity contribution in [2.45, 2.75) is 19.4 Å². The Bertz CT molecular complexity index is 745. The topological polar surface area (TPSA) is 96.4 Å². The minimum atomic E-state index is -3.09. The number of sulfone groups is 1. The van der Waals surface area contributed by atoms with Crippen molar-refractivity contribution in [1.29, 1.82) is 0 Å². The number of rotatable bonds is 6. The van der Waals surface area contributed by atoms with Gasteiger partial charge < -0.3 is 10.2 Å². The lowest BCUT2D eigenvalue weighted by Gasteiger charge is -2.26. The highest BCUT2D eigenvalue weighted by Gasteiger charge is 2.34. The highest BCUT2D eigenvalue weighted by Crippen LogP contribution is 2.19. The van der Waals surface area contributed by atoms with Crippen LogP contribution in [0.2, 0.25) is 0 Å². The normalized spacial score (nSPS) is 18.8. The summed E-state index contributed by atoms with van der Waals surface area (Å²) in [6.07, 6.45) is 1.98. The first-order valence-electron chi connectivity index (χ1n) is 7.75. The molecule has 2 heterocycles. The minimum Gasteiger partial charge on any atom is -0.347 e. The molecule has 1 atom stereocenters. The number of carbonyl (C=O) groups excluding carboxylic acids is 2. The first-order valence-corrected chi connectivity index (χ1v) is 9.57. The second-order valence-corrected chi connectivity index (χ2v) is 7.78. The number of hydrogen-bond acceptors (Lipinski definition) is 5. The van der Waals surface area contributed by atoms with Gasteiger partial charge in [-0.1, -0.05) is 12.1 Å². The lowest BCUT2D eigenvalue weighted by molar-refractivity contribution is 0.0702. The predicted octanol–water partition coefficient (Wildman–Crippen LogP) is 0.647. The van der Waals surface area contributed by atoms with E-state index in [-0.39, 0.29) is 34.8 Å². The van der Waals surface area contributed by atoms with E-state index in [9.17, 15) is 18.0 Å². The largest absolute Gasteiger partial charge is 0.347 e. The van der Waals surface area contributed by atoms with E-state index in [4.69, 9.17) is 0 Å². The molecule has 1 unspecified atom stereocenters. The van der Waals surface area contributed by atoms with Gasteiger partial charge in [0.1, 0.15) is 11.4 Å². The Morgan fingerprint density at radius 2 is 2.12 bits per heavy atom. The zero-order valence-corrected chi connectivity index (χ0v) is 14.4. The van der Waals surface area contributed by atoms with Gasteiger partial charge in [-0.2, -0.15) is 0 Å². The van der Waals surface area contributed by atoms with Crippen LogP contribution in [-0.4, -0.2) is 60.8 Å². The van der Waals surface area contributed by atoms with Crippen LogP contribution in [0.4, 0.5) is 0 Å². The average Bonchev–Trinajstić information content (AvgIpc) is 2.93. The maximum Gasteiger partial charge on any atom is 0.272 e. The Labute approximate surface area is 141 Å². The molecule has 1 saturated heterocycles. The van der Waals surface area contributed by atoms with Crippen LogP contribution in [0.1, 0.15) is 34.3 Å². The van der Waals surface area contributed by atoms with E-state index < -0.39 is 15.7 Å². The van der Waals surface area contributed by atoms with Crippen molar-refractivity contribution in [2.75, 3.05) is 24.6 Å². The van der Waals surface area contributed by atoms with Crippen LogP contribution in [0.5, 0.6) is 0 Å². The molecule has 0 bridgehead atoms. The molecule has 1 aromatic heterocycles. The molecule has 8 heteroatoms. The second kappa shape index (κ2) is 7.57. The van der Waals surface area contributed by atoms with Gasteiger partial charge in [0.25, 0.3) is 11.8 Å². The van der Waals surface area contributed by atoms with Crippen molar-refractivity contribution in [2.24, 2.45) is 0 Å². The van der Waals surface area contributed by atoms with Gasteiger partial charge in [0.15, 0.2) is 9.84 Å². The molecule has 0 saturated carbocycles. The molecule has 0 spiro atoms. The lowest BCUT2D eigenvalue weighted by atomic mass is 10.2. The van der Waals surface area contributed by atoms with E-state index in [1.165, 1.54) is 17.0 Å². The number of hydrogen-bond donors (Lipinski definition) is 1. The molecule has 2 amide bonds. The minimum absolute atomic E-state index is 0.0217. The van der Waals surface area contributed by atoms with Gasteiger partial charge in [-0.25, -0.2) is 13.4 Å². The molecule has 130 valence electrons. The third-order valence-corrected chi connectivity index (χ3v) is 5.61. The summed E-state index contributed by atoms with van der Waals surface area (Å²) in [6.45, 7) is 6.00.